The van der Waals surface area contributed by atoms with E-state index in [-0.39, 0.29) is 49.6 Å². The van der Waals surface area contributed by atoms with Crippen molar-refractivity contribution in [2.75, 3.05) is 52.5 Å². The quantitative estimate of drug-likeness (QED) is 0.0320. The maximum Gasteiger partial charge on any atom is 0.308 e. The van der Waals surface area contributed by atoms with Crippen LogP contribution in [0.1, 0.15) is 213 Å². The second-order valence-corrected chi connectivity index (χ2v) is 19.8. The lowest BCUT2D eigenvalue weighted by Gasteiger charge is -2.48. The molecule has 2 atom stereocenters. The molecule has 62 heavy (non-hydrogen) atoms. The molecule has 350 valence electrons. The molecule has 0 amide bonds. The average molecular weight is 863 g/mol. The van der Waals surface area contributed by atoms with E-state index >= 15 is 0 Å². The molecule has 0 aromatic heterocycles. The number of hydrogen-bond acceptors (Lipinski definition) is 9. The van der Waals surface area contributed by atoms with Crippen LogP contribution in [0.5, 0.6) is 0 Å². The fraction of sp³-hybridized carbons (Fsp3) is 0.959. The van der Waals surface area contributed by atoms with Gasteiger partial charge in [0.05, 0.1) is 49.3 Å². The number of likely N-dealkylation sites (tertiary alicyclic amines) is 2. The Bertz CT molecular complexity index is 1060. The Balaban J connectivity index is 2.11. The Morgan fingerprint density at radius 1 is 0.548 bits per heavy atom. The molecule has 2 fully saturated rings. The minimum Gasteiger partial charge on any atom is -0.464 e. The van der Waals surface area contributed by atoms with E-state index in [9.17, 15) is 19.8 Å². The maximum absolute atomic E-state index is 13.9. The van der Waals surface area contributed by atoms with Gasteiger partial charge in [-0.1, -0.05) is 129 Å². The van der Waals surface area contributed by atoms with E-state index in [1.807, 2.05) is 0 Å². The molecule has 0 aromatic carbocycles. The SMILES string of the molecule is [B]C([B])(O)CCCCCCC(CCCCCCC)C(=O)OCC(COC(=O)C(CCCCCCC)CCCCCCC([B])([B])O)N1CCC2(CCN(CCCCCO)CC2)CC1. The van der Waals surface area contributed by atoms with Crippen molar-refractivity contribution in [1.29, 1.82) is 0 Å². The van der Waals surface area contributed by atoms with Crippen LogP contribution in [0.2, 0.25) is 0 Å². The van der Waals surface area contributed by atoms with Gasteiger partial charge in [0.1, 0.15) is 13.2 Å². The molecule has 2 heterocycles. The van der Waals surface area contributed by atoms with Gasteiger partial charge in [-0.25, -0.2) is 0 Å². The van der Waals surface area contributed by atoms with E-state index < -0.39 is 10.8 Å². The third-order valence-electron chi connectivity index (χ3n) is 14.0. The molecular formula is C49H90B4N2O7. The van der Waals surface area contributed by atoms with Crippen molar-refractivity contribution in [2.45, 2.75) is 230 Å². The number of hydrogen-bond donors (Lipinski definition) is 3. The predicted molar refractivity (Wildman–Crippen MR) is 258 cm³/mol. The summed E-state index contributed by atoms with van der Waals surface area (Å²) in [5, 5.41) is 25.3. The van der Waals surface area contributed by atoms with Crippen molar-refractivity contribution in [1.82, 2.24) is 9.80 Å². The lowest BCUT2D eigenvalue weighted by molar-refractivity contribution is -0.156. The number of aliphatic hydroxyl groups excluding tert-OH is 1. The number of nitrogens with zero attached hydrogens (tertiary/aromatic N) is 2. The fourth-order valence-corrected chi connectivity index (χ4v) is 9.64. The van der Waals surface area contributed by atoms with E-state index in [0.29, 0.717) is 18.3 Å². The Hall–Kier alpha value is -1.00. The summed E-state index contributed by atoms with van der Waals surface area (Å²) in [6.07, 6.45) is 29.9. The summed E-state index contributed by atoms with van der Waals surface area (Å²) >= 11 is 0. The third kappa shape index (κ3) is 27.5. The first-order valence-electron chi connectivity index (χ1n) is 25.7. The van der Waals surface area contributed by atoms with Gasteiger partial charge in [-0.2, -0.15) is 0 Å². The number of piperidine rings is 2. The van der Waals surface area contributed by atoms with Gasteiger partial charge in [-0.15, -0.1) is 0 Å². The molecule has 9 nitrogen and oxygen atoms in total. The lowest BCUT2D eigenvalue weighted by atomic mass is 9.63. The Morgan fingerprint density at radius 3 is 1.31 bits per heavy atom. The van der Waals surface area contributed by atoms with Crippen LogP contribution in [0.3, 0.4) is 0 Å². The molecule has 0 bridgehead atoms. The van der Waals surface area contributed by atoms with Gasteiger partial charge in [0.2, 0.25) is 0 Å². The van der Waals surface area contributed by atoms with Crippen LogP contribution in [0.4, 0.5) is 0 Å². The van der Waals surface area contributed by atoms with Gasteiger partial charge in [-0.3, -0.25) is 14.5 Å². The summed E-state index contributed by atoms with van der Waals surface area (Å²) in [5.41, 5.74) is 0.335. The number of aliphatic hydroxyl groups is 3. The van der Waals surface area contributed by atoms with Crippen LogP contribution in [-0.2, 0) is 19.1 Å². The third-order valence-corrected chi connectivity index (χ3v) is 14.0. The smallest absolute Gasteiger partial charge is 0.308 e. The van der Waals surface area contributed by atoms with E-state index in [0.717, 1.165) is 168 Å². The van der Waals surface area contributed by atoms with E-state index in [4.69, 9.17) is 46.0 Å². The highest BCUT2D eigenvalue weighted by atomic mass is 16.5. The van der Waals surface area contributed by atoms with Gasteiger partial charge in [0.15, 0.2) is 0 Å². The van der Waals surface area contributed by atoms with Crippen LogP contribution in [0.25, 0.3) is 0 Å². The summed E-state index contributed by atoms with van der Waals surface area (Å²) < 4.78 is 12.5. The zero-order valence-corrected chi connectivity index (χ0v) is 40.0. The first-order chi connectivity index (χ1) is 29.7. The summed E-state index contributed by atoms with van der Waals surface area (Å²) in [4.78, 5) is 32.9. The molecule has 0 aromatic rings. The van der Waals surface area contributed by atoms with Gasteiger partial charge in [0.25, 0.3) is 0 Å². The van der Waals surface area contributed by atoms with E-state index in [2.05, 4.69) is 23.6 Å². The zero-order valence-electron chi connectivity index (χ0n) is 40.0. The maximum atomic E-state index is 13.9. The second kappa shape index (κ2) is 33.5. The van der Waals surface area contributed by atoms with Crippen molar-refractivity contribution in [3.8, 4) is 0 Å². The Morgan fingerprint density at radius 2 is 0.919 bits per heavy atom. The largest absolute Gasteiger partial charge is 0.464 e. The lowest BCUT2D eigenvalue weighted by Crippen LogP contribution is -2.52. The average Bonchev–Trinajstić information content (AvgIpc) is 3.23. The highest BCUT2D eigenvalue weighted by Gasteiger charge is 2.39. The Labute approximate surface area is 385 Å². The van der Waals surface area contributed by atoms with Gasteiger partial charge in [-0.05, 0) is 132 Å². The van der Waals surface area contributed by atoms with Gasteiger partial charge < -0.3 is 29.7 Å². The number of unbranched alkanes of at least 4 members (excludes halogenated alkanes) is 16. The zero-order chi connectivity index (χ0) is 45.5. The molecule has 2 saturated heterocycles. The normalized spacial score (nSPS) is 17.8. The molecule has 1 spiro atoms. The van der Waals surface area contributed by atoms with Gasteiger partial charge >= 0.3 is 11.9 Å². The van der Waals surface area contributed by atoms with Crippen molar-refractivity contribution >= 4 is 43.3 Å². The standard InChI is InChI=1S/C49H90B4N2O7/c1-3-5-7-9-16-24-42(26-18-11-13-20-28-48(50,51)59)45(57)61-40-44(55-37-32-47(33-38-55)30-35-54(36-31-47)34-22-15-23-39-56)41-62-46(58)43(25-17-10-8-6-4-2)27-19-12-14-21-29-49(52,53)60/h42-44,56,59-60H,3-41H2,1-2H3. The van der Waals surface area contributed by atoms with Crippen molar-refractivity contribution in [3.63, 3.8) is 0 Å². The monoisotopic (exact) mass is 863 g/mol. The minimum atomic E-state index is -1.63. The summed E-state index contributed by atoms with van der Waals surface area (Å²) in [6, 6.07) is -0.195. The minimum absolute atomic E-state index is 0.136. The van der Waals surface area contributed by atoms with Crippen LogP contribution >= 0.6 is 0 Å². The summed E-state index contributed by atoms with van der Waals surface area (Å²) in [6.45, 7) is 10.3. The predicted octanol–water partition coefficient (Wildman–Crippen LogP) is 8.38. The van der Waals surface area contributed by atoms with Crippen LogP contribution in [-0.4, -0.2) is 138 Å². The van der Waals surface area contributed by atoms with Crippen molar-refractivity contribution in [3.05, 3.63) is 0 Å². The molecule has 0 saturated carbocycles. The topological polar surface area (TPSA) is 120 Å². The van der Waals surface area contributed by atoms with E-state index in [1.54, 1.807) is 0 Å². The molecular weight excluding hydrogens is 772 g/mol. The van der Waals surface area contributed by atoms with Crippen molar-refractivity contribution < 1.29 is 34.4 Å². The van der Waals surface area contributed by atoms with E-state index in [1.165, 1.54) is 51.4 Å². The summed E-state index contributed by atoms with van der Waals surface area (Å²) in [7, 11) is 22.2. The number of carbonyl (C=O) groups is 2. The molecule has 2 rings (SSSR count). The molecule has 0 aliphatic carbocycles. The number of ether oxygens (including phenoxy) is 2. The second-order valence-electron chi connectivity index (χ2n) is 19.8. The van der Waals surface area contributed by atoms with Crippen molar-refractivity contribution in [2.24, 2.45) is 17.3 Å². The van der Waals surface area contributed by atoms with Crippen LogP contribution in [0.15, 0.2) is 0 Å². The molecule has 8 radical (unpaired) electrons. The highest BCUT2D eigenvalue weighted by molar-refractivity contribution is 6.39. The first kappa shape index (κ1) is 57.1. The van der Waals surface area contributed by atoms with Crippen LogP contribution in [0, 0.1) is 17.3 Å². The number of carbonyl (C=O) groups excluding carboxylic acids is 2. The Kier molecular flexibility index (Phi) is 30.8. The number of esters is 2. The molecule has 13 heteroatoms. The fourth-order valence-electron chi connectivity index (χ4n) is 9.64. The molecule has 2 aliphatic heterocycles. The highest BCUT2D eigenvalue weighted by Crippen LogP contribution is 2.42. The van der Waals surface area contributed by atoms with Gasteiger partial charge in [0, 0.05) is 6.61 Å². The molecule has 2 unspecified atom stereocenters. The molecule has 2 aliphatic rings. The molecule has 3 N–H and O–H groups in total. The first-order valence-corrected chi connectivity index (χ1v) is 25.7. The number of rotatable bonds is 38. The summed E-state index contributed by atoms with van der Waals surface area (Å²) in [5.74, 6) is -0.607. The van der Waals surface area contributed by atoms with Crippen LogP contribution < -0.4 is 0 Å².